The van der Waals surface area contributed by atoms with Crippen LogP contribution in [-0.2, 0) is 0 Å². The normalized spacial score (nSPS) is 10.1. The number of halogens is 2. The summed E-state index contributed by atoms with van der Waals surface area (Å²) in [6, 6.07) is 1.15. The standard InChI is InChI=1S/C8H7BrFNO2/c1-3-6(10)5(9)2-4(7(3)11)8(12)13/h2H,11H2,1H3,(H,12,13). The van der Waals surface area contributed by atoms with Crippen molar-refractivity contribution in [2.24, 2.45) is 0 Å². The molecule has 0 bridgehead atoms. The molecule has 5 heteroatoms. The lowest BCUT2D eigenvalue weighted by Gasteiger charge is -2.07. The molecule has 1 aromatic carbocycles. The number of anilines is 1. The molecule has 0 aliphatic heterocycles. The smallest absolute Gasteiger partial charge is 0.337 e. The van der Waals surface area contributed by atoms with Crippen LogP contribution in [0.4, 0.5) is 10.1 Å². The van der Waals surface area contributed by atoms with Crippen LogP contribution in [0.2, 0.25) is 0 Å². The summed E-state index contributed by atoms with van der Waals surface area (Å²) in [5.41, 5.74) is 5.43. The van der Waals surface area contributed by atoms with Crippen molar-refractivity contribution in [2.45, 2.75) is 6.92 Å². The Bertz CT molecular complexity index is 379. The zero-order valence-corrected chi connectivity index (χ0v) is 8.35. The number of nitrogen functional groups attached to an aromatic ring is 1. The quantitative estimate of drug-likeness (QED) is 0.748. The highest BCUT2D eigenvalue weighted by atomic mass is 79.9. The van der Waals surface area contributed by atoms with Gasteiger partial charge in [0.15, 0.2) is 0 Å². The van der Waals surface area contributed by atoms with Crippen molar-refractivity contribution >= 4 is 27.6 Å². The van der Waals surface area contributed by atoms with Crippen LogP contribution in [0.15, 0.2) is 10.5 Å². The molecule has 1 aromatic rings. The fourth-order valence-electron chi connectivity index (χ4n) is 0.944. The predicted octanol–water partition coefficient (Wildman–Crippen LogP) is 2.18. The number of benzene rings is 1. The van der Waals surface area contributed by atoms with Crippen molar-refractivity contribution < 1.29 is 14.3 Å². The Morgan fingerprint density at radius 1 is 1.69 bits per heavy atom. The van der Waals surface area contributed by atoms with E-state index in [9.17, 15) is 9.18 Å². The molecule has 3 N–H and O–H groups in total. The molecule has 3 nitrogen and oxygen atoms in total. The van der Waals surface area contributed by atoms with Gasteiger partial charge in [-0.25, -0.2) is 9.18 Å². The van der Waals surface area contributed by atoms with E-state index in [2.05, 4.69) is 15.9 Å². The van der Waals surface area contributed by atoms with E-state index in [1.807, 2.05) is 0 Å². The third-order valence-corrected chi connectivity index (χ3v) is 2.31. The van der Waals surface area contributed by atoms with E-state index in [4.69, 9.17) is 10.8 Å². The number of hydrogen-bond donors (Lipinski definition) is 2. The van der Waals surface area contributed by atoms with Gasteiger partial charge in [-0.15, -0.1) is 0 Å². The molecular weight excluding hydrogens is 241 g/mol. The van der Waals surface area contributed by atoms with Gasteiger partial charge in [0, 0.05) is 5.56 Å². The zero-order valence-electron chi connectivity index (χ0n) is 6.77. The molecule has 0 unspecified atom stereocenters. The van der Waals surface area contributed by atoms with Crippen molar-refractivity contribution in [1.82, 2.24) is 0 Å². The summed E-state index contributed by atoms with van der Waals surface area (Å²) < 4.78 is 13.2. The number of carboxylic acids is 1. The van der Waals surface area contributed by atoms with Crippen molar-refractivity contribution in [3.63, 3.8) is 0 Å². The number of hydrogen-bond acceptors (Lipinski definition) is 2. The second-order valence-electron chi connectivity index (χ2n) is 2.56. The van der Waals surface area contributed by atoms with Gasteiger partial charge < -0.3 is 10.8 Å². The van der Waals surface area contributed by atoms with Crippen LogP contribution in [0.25, 0.3) is 0 Å². The van der Waals surface area contributed by atoms with E-state index in [-0.39, 0.29) is 21.3 Å². The van der Waals surface area contributed by atoms with Gasteiger partial charge in [0.25, 0.3) is 0 Å². The first-order chi connectivity index (χ1) is 5.95. The van der Waals surface area contributed by atoms with Crippen LogP contribution >= 0.6 is 15.9 Å². The van der Waals surface area contributed by atoms with Crippen LogP contribution in [0.5, 0.6) is 0 Å². The minimum absolute atomic E-state index is 0.0341. The lowest BCUT2D eigenvalue weighted by molar-refractivity contribution is 0.0698. The Kier molecular flexibility index (Phi) is 2.56. The third-order valence-electron chi connectivity index (χ3n) is 1.73. The maximum absolute atomic E-state index is 13.1. The van der Waals surface area contributed by atoms with Crippen LogP contribution < -0.4 is 5.73 Å². The highest BCUT2D eigenvalue weighted by molar-refractivity contribution is 9.10. The second kappa shape index (κ2) is 3.33. The lowest BCUT2D eigenvalue weighted by Crippen LogP contribution is -2.06. The Balaban J connectivity index is 3.50. The van der Waals surface area contributed by atoms with Crippen molar-refractivity contribution in [2.75, 3.05) is 5.73 Å². The van der Waals surface area contributed by atoms with Gasteiger partial charge in [-0.3, -0.25) is 0 Å². The van der Waals surface area contributed by atoms with Gasteiger partial charge in [0.05, 0.1) is 15.7 Å². The van der Waals surface area contributed by atoms with Gasteiger partial charge in [0.2, 0.25) is 0 Å². The largest absolute Gasteiger partial charge is 0.478 e. The summed E-state index contributed by atoms with van der Waals surface area (Å²) in [4.78, 5) is 10.6. The first-order valence-corrected chi connectivity index (χ1v) is 4.21. The molecular formula is C8H7BrFNO2. The monoisotopic (exact) mass is 247 g/mol. The summed E-state index contributed by atoms with van der Waals surface area (Å²) in [6.07, 6.45) is 0. The Hall–Kier alpha value is -1.10. The van der Waals surface area contributed by atoms with Gasteiger partial charge in [0.1, 0.15) is 5.82 Å². The zero-order chi connectivity index (χ0) is 10.2. The van der Waals surface area contributed by atoms with E-state index in [1.165, 1.54) is 6.92 Å². The Morgan fingerprint density at radius 3 is 2.69 bits per heavy atom. The van der Waals surface area contributed by atoms with Crippen LogP contribution in [0.3, 0.4) is 0 Å². The molecule has 1 rings (SSSR count). The predicted molar refractivity (Wildman–Crippen MR) is 50.2 cm³/mol. The topological polar surface area (TPSA) is 63.3 Å². The molecule has 0 heterocycles. The molecule has 0 saturated carbocycles. The third kappa shape index (κ3) is 1.65. The molecule has 0 aromatic heterocycles. The van der Waals surface area contributed by atoms with E-state index in [1.54, 1.807) is 0 Å². The van der Waals surface area contributed by atoms with E-state index in [0.29, 0.717) is 0 Å². The maximum atomic E-state index is 13.1. The maximum Gasteiger partial charge on any atom is 0.337 e. The Morgan fingerprint density at radius 2 is 2.23 bits per heavy atom. The highest BCUT2D eigenvalue weighted by Gasteiger charge is 2.15. The fraction of sp³-hybridized carbons (Fsp3) is 0.125. The summed E-state index contributed by atoms with van der Waals surface area (Å²) in [5.74, 6) is -1.69. The average molecular weight is 248 g/mol. The number of rotatable bonds is 1. The molecule has 0 aliphatic rings. The lowest BCUT2D eigenvalue weighted by atomic mass is 10.1. The second-order valence-corrected chi connectivity index (χ2v) is 3.42. The van der Waals surface area contributed by atoms with Crippen LogP contribution in [-0.4, -0.2) is 11.1 Å². The minimum atomic E-state index is -1.17. The molecule has 0 fully saturated rings. The summed E-state index contributed by atoms with van der Waals surface area (Å²) in [5, 5.41) is 8.68. The SMILES string of the molecule is Cc1c(N)c(C(=O)O)cc(Br)c1F. The Labute approximate surface area is 82.5 Å². The average Bonchev–Trinajstić information content (AvgIpc) is 2.07. The van der Waals surface area contributed by atoms with E-state index in [0.717, 1.165) is 6.07 Å². The number of carbonyl (C=O) groups is 1. The summed E-state index contributed by atoms with van der Waals surface area (Å²) in [7, 11) is 0. The van der Waals surface area contributed by atoms with Gasteiger partial charge in [-0.2, -0.15) is 0 Å². The molecule has 70 valence electrons. The number of nitrogens with two attached hydrogens (primary N) is 1. The first kappa shape index (κ1) is 9.98. The van der Waals surface area contributed by atoms with Gasteiger partial charge >= 0.3 is 5.97 Å². The van der Waals surface area contributed by atoms with Crippen molar-refractivity contribution in [3.8, 4) is 0 Å². The number of carboxylic acid groups (broad SMARTS) is 1. The van der Waals surface area contributed by atoms with Crippen molar-refractivity contribution in [1.29, 1.82) is 0 Å². The molecule has 0 spiro atoms. The first-order valence-electron chi connectivity index (χ1n) is 3.42. The van der Waals surface area contributed by atoms with E-state index < -0.39 is 11.8 Å². The van der Waals surface area contributed by atoms with Crippen molar-refractivity contribution in [3.05, 3.63) is 27.5 Å². The van der Waals surface area contributed by atoms with E-state index >= 15 is 0 Å². The van der Waals surface area contributed by atoms with Gasteiger partial charge in [-0.05, 0) is 28.9 Å². The van der Waals surface area contributed by atoms with Crippen LogP contribution in [0.1, 0.15) is 15.9 Å². The molecule has 0 radical (unpaired) electrons. The molecule has 0 atom stereocenters. The molecule has 0 amide bonds. The molecule has 0 saturated heterocycles. The number of aromatic carboxylic acids is 1. The molecule has 13 heavy (non-hydrogen) atoms. The summed E-state index contributed by atoms with van der Waals surface area (Å²) in [6.45, 7) is 1.43. The fourth-order valence-corrected chi connectivity index (χ4v) is 1.47. The minimum Gasteiger partial charge on any atom is -0.478 e. The highest BCUT2D eigenvalue weighted by Crippen LogP contribution is 2.27. The summed E-state index contributed by atoms with van der Waals surface area (Å²) >= 11 is 2.91. The van der Waals surface area contributed by atoms with Crippen LogP contribution in [0, 0.1) is 12.7 Å². The molecule has 0 aliphatic carbocycles. The van der Waals surface area contributed by atoms with Gasteiger partial charge in [-0.1, -0.05) is 0 Å².